The third-order valence-corrected chi connectivity index (χ3v) is 15.8. The van der Waals surface area contributed by atoms with Gasteiger partial charge in [0.05, 0.1) is 39.9 Å². The maximum absolute atomic E-state index is 13.0. The molecule has 0 radical (unpaired) electrons. The normalized spacial score (nSPS) is 14.3. The number of aliphatic hydroxyl groups is 1. The molecule has 3 atom stereocenters. The first-order chi connectivity index (χ1) is 39.0. The van der Waals surface area contributed by atoms with E-state index in [-0.39, 0.29) is 19.1 Å². The quantitative estimate of drug-likeness (QED) is 0.0243. The van der Waals surface area contributed by atoms with E-state index in [9.17, 15) is 19.4 Å². The van der Waals surface area contributed by atoms with Crippen molar-refractivity contribution in [2.24, 2.45) is 0 Å². The molecule has 0 saturated carbocycles. The minimum absolute atomic E-state index is 0.0600. The van der Waals surface area contributed by atoms with Gasteiger partial charge in [-0.15, -0.1) is 0 Å². The Morgan fingerprint density at radius 2 is 0.750 bits per heavy atom. The number of likely N-dealkylation sites (N-methyl/N-ethyl adjacent to an activating group) is 1. The van der Waals surface area contributed by atoms with E-state index in [0.29, 0.717) is 17.4 Å². The lowest BCUT2D eigenvalue weighted by Gasteiger charge is -2.25. The van der Waals surface area contributed by atoms with Crippen molar-refractivity contribution in [3.05, 3.63) is 97.2 Å². The SMILES string of the molecule is CC/C=C\C/C=C\C/C=C\C/C=C\C/C=C\C/C=C\C/C=C\CCCCCCCCCCCCCCCCCCCC(=O)NC(COP(=O)(O)OCC[N+](C)(C)C)C(O)/C=C/CCCCCCCCCCCCCCCCCCC. The molecule has 0 aliphatic carbocycles. The average Bonchev–Trinajstić information content (AvgIpc) is 3.42. The molecule has 8 nitrogen and oxygen atoms in total. The summed E-state index contributed by atoms with van der Waals surface area (Å²) in [6.45, 7) is 4.73. The van der Waals surface area contributed by atoms with Crippen LogP contribution in [-0.2, 0) is 18.4 Å². The minimum Gasteiger partial charge on any atom is -0.387 e. The van der Waals surface area contributed by atoms with Crippen molar-refractivity contribution in [2.75, 3.05) is 40.9 Å². The van der Waals surface area contributed by atoms with Crippen LogP contribution in [0.5, 0.6) is 0 Å². The van der Waals surface area contributed by atoms with Gasteiger partial charge in [-0.05, 0) is 77.0 Å². The Morgan fingerprint density at radius 1 is 0.438 bits per heavy atom. The highest BCUT2D eigenvalue weighted by Crippen LogP contribution is 2.43. The lowest BCUT2D eigenvalue weighted by Crippen LogP contribution is -2.45. The number of hydrogen-bond acceptors (Lipinski definition) is 5. The fourth-order valence-corrected chi connectivity index (χ4v) is 10.3. The monoisotopic (exact) mass is 1140 g/mol. The van der Waals surface area contributed by atoms with Crippen LogP contribution < -0.4 is 5.32 Å². The van der Waals surface area contributed by atoms with Crippen molar-refractivity contribution < 1.29 is 32.9 Å². The van der Waals surface area contributed by atoms with Gasteiger partial charge < -0.3 is 19.8 Å². The van der Waals surface area contributed by atoms with E-state index in [0.717, 1.165) is 83.5 Å². The van der Waals surface area contributed by atoms with Crippen molar-refractivity contribution in [1.82, 2.24) is 5.32 Å². The molecule has 3 N–H and O–H groups in total. The average molecular weight is 1140 g/mol. The zero-order valence-corrected chi connectivity index (χ0v) is 53.9. The van der Waals surface area contributed by atoms with Crippen LogP contribution in [0.1, 0.15) is 296 Å². The smallest absolute Gasteiger partial charge is 0.387 e. The first-order valence-electron chi connectivity index (χ1n) is 33.6. The molecule has 0 aliphatic rings. The molecule has 0 aromatic carbocycles. The predicted octanol–water partition coefficient (Wildman–Crippen LogP) is 21.3. The van der Waals surface area contributed by atoms with Crippen molar-refractivity contribution in [3.8, 4) is 0 Å². The number of quaternary nitrogens is 1. The summed E-state index contributed by atoms with van der Waals surface area (Å²) in [5, 5.41) is 14.0. The number of unbranched alkanes of at least 4 members (excludes halogenated alkanes) is 34. The number of nitrogens with one attached hydrogen (secondary N) is 1. The topological polar surface area (TPSA) is 105 Å². The van der Waals surface area contributed by atoms with Crippen LogP contribution in [0.4, 0.5) is 0 Å². The summed E-state index contributed by atoms with van der Waals surface area (Å²) in [6.07, 6.45) is 88.2. The first kappa shape index (κ1) is 77.4. The third kappa shape index (κ3) is 63.0. The van der Waals surface area contributed by atoms with Gasteiger partial charge in [0, 0.05) is 6.42 Å². The van der Waals surface area contributed by atoms with E-state index in [1.54, 1.807) is 6.08 Å². The highest BCUT2D eigenvalue weighted by molar-refractivity contribution is 7.47. The maximum Gasteiger partial charge on any atom is 0.472 e. The van der Waals surface area contributed by atoms with Crippen LogP contribution in [0.25, 0.3) is 0 Å². The highest BCUT2D eigenvalue weighted by Gasteiger charge is 2.28. The number of rotatable bonds is 61. The molecule has 3 unspecified atom stereocenters. The molecule has 0 aromatic rings. The Bertz CT molecular complexity index is 1620. The largest absolute Gasteiger partial charge is 0.472 e. The Morgan fingerprint density at radius 3 is 1.10 bits per heavy atom. The molecule has 0 saturated heterocycles. The van der Waals surface area contributed by atoms with Crippen LogP contribution >= 0.6 is 7.82 Å². The zero-order chi connectivity index (χ0) is 58.4. The summed E-state index contributed by atoms with van der Waals surface area (Å²) < 4.78 is 23.8. The molecule has 464 valence electrons. The Labute approximate surface area is 496 Å². The number of carbonyl (C=O) groups excluding carboxylic acids is 1. The number of hydrogen-bond donors (Lipinski definition) is 3. The Kier molecular flexibility index (Phi) is 59.0. The molecule has 0 spiro atoms. The van der Waals surface area contributed by atoms with Gasteiger partial charge in [-0.1, -0.05) is 310 Å². The van der Waals surface area contributed by atoms with E-state index in [1.807, 2.05) is 27.2 Å². The van der Waals surface area contributed by atoms with Crippen molar-refractivity contribution in [3.63, 3.8) is 0 Å². The molecule has 0 fully saturated rings. The molecule has 0 rings (SSSR count). The maximum atomic E-state index is 13.0. The fourth-order valence-electron chi connectivity index (χ4n) is 9.61. The molecular weight excluding hydrogens is 1010 g/mol. The number of aliphatic hydroxyl groups excluding tert-OH is 1. The standard InChI is InChI=1S/C71H129N2O6P/c1-6-8-10-12-14-16-18-20-22-24-26-27-28-29-30-31-32-33-34-35-36-37-38-39-40-41-42-43-44-45-47-49-51-53-55-57-59-61-63-65-71(75)72-69(68-79-80(76,77)78-67-66-73(3,4)5)70(74)64-62-60-58-56-54-52-50-48-46-25-23-21-19-17-15-13-11-9-7-2/h8,10,14,16,20,22,26-27,29-30,32-33,35-36,62,64,69-70,74H,6-7,9,11-13,15,17-19,21,23-25,28,31,34,37-61,63,65-68H2,1-5H3,(H-,72,75,76,77)/p+1/b10-8-,16-14-,22-20-,27-26-,30-29-,33-32-,36-35-,64-62+. The second kappa shape index (κ2) is 61.0. The molecule has 0 bridgehead atoms. The lowest BCUT2D eigenvalue weighted by atomic mass is 10.0. The molecule has 1 amide bonds. The number of phosphoric ester groups is 1. The van der Waals surface area contributed by atoms with E-state index in [2.05, 4.69) is 104 Å². The second-order valence-electron chi connectivity index (χ2n) is 23.8. The summed E-state index contributed by atoms with van der Waals surface area (Å²) in [6, 6.07) is -0.850. The van der Waals surface area contributed by atoms with E-state index < -0.39 is 20.0 Å². The summed E-state index contributed by atoms with van der Waals surface area (Å²) in [7, 11) is 1.58. The minimum atomic E-state index is -4.35. The van der Waals surface area contributed by atoms with Crippen LogP contribution in [-0.4, -0.2) is 73.4 Å². The number of carbonyl (C=O) groups is 1. The van der Waals surface area contributed by atoms with Crippen LogP contribution in [0.3, 0.4) is 0 Å². The van der Waals surface area contributed by atoms with Crippen molar-refractivity contribution >= 4 is 13.7 Å². The third-order valence-electron chi connectivity index (χ3n) is 14.8. The summed E-state index contributed by atoms with van der Waals surface area (Å²) in [4.78, 5) is 23.4. The van der Waals surface area contributed by atoms with Gasteiger partial charge in [0.1, 0.15) is 13.2 Å². The highest BCUT2D eigenvalue weighted by atomic mass is 31.2. The molecule has 0 heterocycles. The van der Waals surface area contributed by atoms with Gasteiger partial charge in [-0.3, -0.25) is 13.8 Å². The molecular formula is C71H130N2O6P+. The Balaban J connectivity index is 4.02. The molecule has 0 aliphatic heterocycles. The van der Waals surface area contributed by atoms with Gasteiger partial charge >= 0.3 is 7.82 Å². The van der Waals surface area contributed by atoms with Crippen molar-refractivity contribution in [2.45, 2.75) is 309 Å². The molecule has 0 aromatic heterocycles. The van der Waals surface area contributed by atoms with Gasteiger partial charge in [-0.2, -0.15) is 0 Å². The number of amides is 1. The molecule has 9 heteroatoms. The van der Waals surface area contributed by atoms with E-state index >= 15 is 0 Å². The van der Waals surface area contributed by atoms with Crippen LogP contribution in [0.2, 0.25) is 0 Å². The van der Waals surface area contributed by atoms with E-state index in [4.69, 9.17) is 9.05 Å². The van der Waals surface area contributed by atoms with E-state index in [1.165, 1.54) is 193 Å². The lowest BCUT2D eigenvalue weighted by molar-refractivity contribution is -0.870. The van der Waals surface area contributed by atoms with Gasteiger partial charge in [0.25, 0.3) is 0 Å². The molecule has 80 heavy (non-hydrogen) atoms. The zero-order valence-electron chi connectivity index (χ0n) is 53.0. The van der Waals surface area contributed by atoms with Crippen LogP contribution in [0, 0.1) is 0 Å². The number of nitrogens with zero attached hydrogens (tertiary/aromatic N) is 1. The fraction of sp³-hybridized carbons (Fsp3) is 0.761. The number of allylic oxidation sites excluding steroid dienone is 15. The Hall–Kier alpha value is -2.58. The summed E-state index contributed by atoms with van der Waals surface area (Å²) in [5.74, 6) is -0.176. The number of phosphoric acid groups is 1. The predicted molar refractivity (Wildman–Crippen MR) is 350 cm³/mol. The van der Waals surface area contributed by atoms with Gasteiger partial charge in [0.15, 0.2) is 0 Å². The second-order valence-corrected chi connectivity index (χ2v) is 25.3. The summed E-state index contributed by atoms with van der Waals surface area (Å²) >= 11 is 0. The first-order valence-corrected chi connectivity index (χ1v) is 35.1. The van der Waals surface area contributed by atoms with Crippen molar-refractivity contribution in [1.29, 1.82) is 0 Å². The van der Waals surface area contributed by atoms with Gasteiger partial charge in [-0.25, -0.2) is 4.57 Å². The summed E-state index contributed by atoms with van der Waals surface area (Å²) in [5.41, 5.74) is 0. The van der Waals surface area contributed by atoms with Gasteiger partial charge in [0.2, 0.25) is 5.91 Å². The van der Waals surface area contributed by atoms with Crippen LogP contribution in [0.15, 0.2) is 97.2 Å².